The maximum Gasteiger partial charge on any atom is 0.530 e. The lowest BCUT2D eigenvalue weighted by Crippen LogP contribution is -2.31. The molecular formula is C10H11NO3. The molecule has 0 aliphatic carbocycles. The Labute approximate surface area is 81.7 Å². The van der Waals surface area contributed by atoms with Crippen LogP contribution in [-0.4, -0.2) is 17.8 Å². The molecule has 0 aromatic heterocycles. The Morgan fingerprint density at radius 2 is 2.21 bits per heavy atom. The van der Waals surface area contributed by atoms with Gasteiger partial charge in [0.25, 0.3) is 0 Å². The summed E-state index contributed by atoms with van der Waals surface area (Å²) in [7, 11) is 0. The highest BCUT2D eigenvalue weighted by atomic mass is 16.8. The van der Waals surface area contributed by atoms with Crippen LogP contribution in [-0.2, 0) is 11.3 Å². The number of fused-ring (bicyclic) bond motifs is 1. The minimum atomic E-state index is -1.26. The zero-order valence-electron chi connectivity index (χ0n) is 7.64. The van der Waals surface area contributed by atoms with E-state index in [1.54, 1.807) is 0 Å². The summed E-state index contributed by atoms with van der Waals surface area (Å²) in [5.74, 6) is 0. The van der Waals surface area contributed by atoms with Gasteiger partial charge in [0.15, 0.2) is 0 Å². The van der Waals surface area contributed by atoms with Crippen LogP contribution in [0.25, 0.3) is 0 Å². The van der Waals surface area contributed by atoms with Gasteiger partial charge >= 0.3 is 6.16 Å². The Hall–Kier alpha value is -1.71. The van der Waals surface area contributed by atoms with E-state index < -0.39 is 6.16 Å². The topological polar surface area (TPSA) is 49.8 Å². The largest absolute Gasteiger partial charge is 0.530 e. The minimum absolute atomic E-state index is 0.628. The third kappa shape index (κ3) is 1.64. The van der Waals surface area contributed by atoms with Crippen molar-refractivity contribution in [2.75, 3.05) is 11.6 Å². The van der Waals surface area contributed by atoms with Crippen molar-refractivity contribution in [3.63, 3.8) is 0 Å². The maximum absolute atomic E-state index is 10.4. The van der Waals surface area contributed by atoms with Gasteiger partial charge in [0.05, 0.1) is 12.2 Å². The van der Waals surface area contributed by atoms with Gasteiger partial charge in [-0.3, -0.25) is 0 Å². The summed E-state index contributed by atoms with van der Waals surface area (Å²) in [6, 6.07) is 7.69. The normalized spacial score (nSPS) is 14.7. The van der Waals surface area contributed by atoms with Gasteiger partial charge in [-0.1, -0.05) is 18.2 Å². The summed E-state index contributed by atoms with van der Waals surface area (Å²) in [5.41, 5.74) is 2.00. The van der Waals surface area contributed by atoms with Crippen molar-refractivity contribution in [3.05, 3.63) is 29.8 Å². The zero-order valence-corrected chi connectivity index (χ0v) is 7.64. The quantitative estimate of drug-likeness (QED) is 0.741. The van der Waals surface area contributed by atoms with Crippen LogP contribution >= 0.6 is 0 Å². The molecule has 0 radical (unpaired) electrons. The molecule has 0 atom stereocenters. The number of para-hydroxylation sites is 1. The SMILES string of the molecule is O=C(O)ON1CCCc2ccccc21. The van der Waals surface area contributed by atoms with Crippen LogP contribution in [0.4, 0.5) is 10.5 Å². The highest BCUT2D eigenvalue weighted by Gasteiger charge is 2.19. The fraction of sp³-hybridized carbons (Fsp3) is 0.300. The van der Waals surface area contributed by atoms with Gasteiger partial charge in [-0.25, -0.2) is 9.86 Å². The molecule has 1 aromatic carbocycles. The average molecular weight is 193 g/mol. The highest BCUT2D eigenvalue weighted by molar-refractivity contribution is 5.62. The second-order valence-electron chi connectivity index (χ2n) is 3.19. The van der Waals surface area contributed by atoms with Crippen molar-refractivity contribution in [2.24, 2.45) is 0 Å². The molecule has 0 fully saturated rings. The first-order valence-electron chi connectivity index (χ1n) is 4.54. The summed E-state index contributed by atoms with van der Waals surface area (Å²) < 4.78 is 0. The molecule has 0 amide bonds. The first-order chi connectivity index (χ1) is 6.77. The number of benzene rings is 1. The van der Waals surface area contributed by atoms with E-state index in [4.69, 9.17) is 5.11 Å². The Bertz CT molecular complexity index is 351. The van der Waals surface area contributed by atoms with E-state index >= 15 is 0 Å². The van der Waals surface area contributed by atoms with Crippen LogP contribution in [0.5, 0.6) is 0 Å². The van der Waals surface area contributed by atoms with Crippen molar-refractivity contribution in [3.8, 4) is 0 Å². The fourth-order valence-electron chi connectivity index (χ4n) is 1.69. The van der Waals surface area contributed by atoms with Crippen molar-refractivity contribution >= 4 is 11.8 Å². The second kappa shape index (κ2) is 3.57. The monoisotopic (exact) mass is 193 g/mol. The average Bonchev–Trinajstić information content (AvgIpc) is 2.18. The van der Waals surface area contributed by atoms with E-state index in [-0.39, 0.29) is 0 Å². The summed E-state index contributed by atoms with van der Waals surface area (Å²) in [6.07, 6.45) is 0.640. The van der Waals surface area contributed by atoms with E-state index in [9.17, 15) is 4.79 Å². The number of nitrogens with zero attached hydrogens (tertiary/aromatic N) is 1. The number of hydroxylamine groups is 1. The Morgan fingerprint density at radius 3 is 3.00 bits per heavy atom. The number of carbonyl (C=O) groups is 1. The predicted molar refractivity (Wildman–Crippen MR) is 51.2 cm³/mol. The molecular weight excluding hydrogens is 182 g/mol. The summed E-state index contributed by atoms with van der Waals surface area (Å²) in [5, 5.41) is 9.96. The van der Waals surface area contributed by atoms with Crippen molar-refractivity contribution < 1.29 is 14.7 Å². The van der Waals surface area contributed by atoms with Crippen LogP contribution in [0, 0.1) is 0 Å². The lowest BCUT2D eigenvalue weighted by molar-refractivity contribution is 0.0785. The van der Waals surface area contributed by atoms with Crippen LogP contribution in [0.2, 0.25) is 0 Å². The van der Waals surface area contributed by atoms with Gasteiger partial charge in [-0.05, 0) is 24.5 Å². The van der Waals surface area contributed by atoms with Crippen molar-refractivity contribution in [1.82, 2.24) is 0 Å². The van der Waals surface area contributed by atoms with Gasteiger partial charge < -0.3 is 9.94 Å². The number of anilines is 1. The Kier molecular flexibility index (Phi) is 2.26. The van der Waals surface area contributed by atoms with E-state index in [0.29, 0.717) is 6.54 Å². The molecule has 0 bridgehead atoms. The summed E-state index contributed by atoms with van der Waals surface area (Å²) in [4.78, 5) is 15.1. The molecule has 0 spiro atoms. The van der Waals surface area contributed by atoms with E-state index in [2.05, 4.69) is 4.84 Å². The Morgan fingerprint density at radius 1 is 1.43 bits per heavy atom. The van der Waals surface area contributed by atoms with Crippen LogP contribution in [0.3, 0.4) is 0 Å². The number of aryl methyl sites for hydroxylation is 1. The molecule has 1 N–H and O–H groups in total. The summed E-state index contributed by atoms with van der Waals surface area (Å²) >= 11 is 0. The summed E-state index contributed by atoms with van der Waals surface area (Å²) in [6.45, 7) is 0.628. The van der Waals surface area contributed by atoms with Crippen molar-refractivity contribution in [1.29, 1.82) is 0 Å². The molecule has 1 heterocycles. The smallest absolute Gasteiger partial charge is 0.448 e. The third-order valence-corrected chi connectivity index (χ3v) is 2.26. The first kappa shape index (κ1) is 8.87. The van der Waals surface area contributed by atoms with E-state index in [1.165, 1.54) is 5.06 Å². The van der Waals surface area contributed by atoms with Crippen LogP contribution in [0.15, 0.2) is 24.3 Å². The van der Waals surface area contributed by atoms with E-state index in [0.717, 1.165) is 24.1 Å². The predicted octanol–water partition coefficient (Wildman–Crippen LogP) is 2.05. The molecule has 14 heavy (non-hydrogen) atoms. The third-order valence-electron chi connectivity index (χ3n) is 2.26. The van der Waals surface area contributed by atoms with Crippen LogP contribution in [0.1, 0.15) is 12.0 Å². The molecule has 0 unspecified atom stereocenters. The van der Waals surface area contributed by atoms with Gasteiger partial charge in [0, 0.05) is 0 Å². The molecule has 2 rings (SSSR count). The first-order valence-corrected chi connectivity index (χ1v) is 4.54. The van der Waals surface area contributed by atoms with Gasteiger partial charge in [-0.15, -0.1) is 0 Å². The molecule has 0 saturated carbocycles. The fourth-order valence-corrected chi connectivity index (χ4v) is 1.69. The molecule has 0 saturated heterocycles. The molecule has 1 aliphatic heterocycles. The van der Waals surface area contributed by atoms with Gasteiger partial charge in [-0.2, -0.15) is 0 Å². The highest BCUT2D eigenvalue weighted by Crippen LogP contribution is 2.26. The Balaban J connectivity index is 2.26. The van der Waals surface area contributed by atoms with E-state index in [1.807, 2.05) is 24.3 Å². The van der Waals surface area contributed by atoms with Gasteiger partial charge in [0.1, 0.15) is 0 Å². The lowest BCUT2D eigenvalue weighted by Gasteiger charge is -2.27. The number of hydrogen-bond acceptors (Lipinski definition) is 3. The molecule has 74 valence electrons. The second-order valence-corrected chi connectivity index (χ2v) is 3.19. The van der Waals surface area contributed by atoms with Crippen molar-refractivity contribution in [2.45, 2.75) is 12.8 Å². The molecule has 4 nitrogen and oxygen atoms in total. The lowest BCUT2D eigenvalue weighted by atomic mass is 10.0. The van der Waals surface area contributed by atoms with Gasteiger partial charge in [0.2, 0.25) is 0 Å². The zero-order chi connectivity index (χ0) is 9.97. The number of hydrogen-bond donors (Lipinski definition) is 1. The minimum Gasteiger partial charge on any atom is -0.448 e. The number of rotatable bonds is 1. The molecule has 1 aromatic rings. The molecule has 1 aliphatic rings. The molecule has 4 heteroatoms. The maximum atomic E-state index is 10.4. The van der Waals surface area contributed by atoms with Crippen LogP contribution < -0.4 is 5.06 Å². The number of carboxylic acid groups (broad SMARTS) is 1. The standard InChI is InChI=1S/C10H11NO3/c12-10(13)14-11-7-3-5-8-4-1-2-6-9(8)11/h1-2,4,6H,3,5,7H2,(H,12,13).